The van der Waals surface area contributed by atoms with Crippen LogP contribution in [-0.2, 0) is 0 Å². The van der Waals surface area contributed by atoms with Crippen LogP contribution in [0.4, 0.5) is 0 Å². The molecule has 1 aromatic carbocycles. The van der Waals surface area contributed by atoms with Gasteiger partial charge in [0.2, 0.25) is 0 Å². The van der Waals surface area contributed by atoms with Crippen LogP contribution in [-0.4, -0.2) is 20.8 Å². The lowest BCUT2D eigenvalue weighted by molar-refractivity contribution is 0.353. The number of ether oxygens (including phenoxy) is 2. The fraction of sp³-hybridized carbons (Fsp3) is 0.375. The number of furan rings is 1. The van der Waals surface area contributed by atoms with Crippen molar-refractivity contribution in [3.63, 3.8) is 0 Å². The van der Waals surface area contributed by atoms with Gasteiger partial charge in [-0.2, -0.15) is 0 Å². The summed E-state index contributed by atoms with van der Waals surface area (Å²) in [4.78, 5) is 0. The minimum atomic E-state index is -0.0812. The normalized spacial score (nSPS) is 12.2. The van der Waals surface area contributed by atoms with Crippen LogP contribution in [0.2, 0.25) is 5.22 Å². The van der Waals surface area contributed by atoms with E-state index in [0.29, 0.717) is 16.7 Å². The highest BCUT2D eigenvalue weighted by atomic mass is 35.5. The van der Waals surface area contributed by atoms with E-state index >= 15 is 0 Å². The molecule has 0 saturated heterocycles. The lowest BCUT2D eigenvalue weighted by atomic mass is 9.98. The molecule has 2 aromatic rings. The van der Waals surface area contributed by atoms with Gasteiger partial charge in [0.25, 0.3) is 0 Å². The molecule has 1 heterocycles. The Labute approximate surface area is 130 Å². The van der Waals surface area contributed by atoms with Crippen molar-refractivity contribution in [2.45, 2.75) is 19.9 Å². The molecule has 0 aliphatic carbocycles. The minimum Gasteiger partial charge on any atom is -0.493 e. The van der Waals surface area contributed by atoms with Gasteiger partial charge in [0, 0.05) is 0 Å². The van der Waals surface area contributed by atoms with Crippen LogP contribution in [0.1, 0.15) is 29.9 Å². The van der Waals surface area contributed by atoms with Gasteiger partial charge in [0.1, 0.15) is 5.76 Å². The molecule has 1 aromatic heterocycles. The molecule has 21 heavy (non-hydrogen) atoms. The number of halogens is 1. The van der Waals surface area contributed by atoms with Gasteiger partial charge >= 0.3 is 0 Å². The summed E-state index contributed by atoms with van der Waals surface area (Å²) in [5.41, 5.74) is 2.16. The fourth-order valence-corrected chi connectivity index (χ4v) is 2.51. The molecular formula is C16H20ClNO3. The molecule has 5 heteroatoms. The smallest absolute Gasteiger partial charge is 0.193 e. The van der Waals surface area contributed by atoms with Gasteiger partial charge in [0.05, 0.1) is 20.3 Å². The third-order valence-electron chi connectivity index (χ3n) is 3.37. The lowest BCUT2D eigenvalue weighted by Gasteiger charge is -2.20. The first-order valence-electron chi connectivity index (χ1n) is 6.81. The Morgan fingerprint density at radius 3 is 2.38 bits per heavy atom. The predicted octanol–water partition coefficient (Wildman–Crippen LogP) is 3.96. The summed E-state index contributed by atoms with van der Waals surface area (Å²) in [5.74, 6) is 2.18. The number of rotatable bonds is 6. The van der Waals surface area contributed by atoms with E-state index < -0.39 is 0 Å². The summed E-state index contributed by atoms with van der Waals surface area (Å²) < 4.78 is 16.3. The molecule has 0 spiro atoms. The van der Waals surface area contributed by atoms with E-state index in [4.69, 9.17) is 25.5 Å². The van der Waals surface area contributed by atoms with Crippen molar-refractivity contribution in [1.82, 2.24) is 5.32 Å². The first-order chi connectivity index (χ1) is 10.1. The van der Waals surface area contributed by atoms with E-state index in [2.05, 4.69) is 5.32 Å². The third kappa shape index (κ3) is 3.34. The second-order valence-electron chi connectivity index (χ2n) is 4.70. The Morgan fingerprint density at radius 1 is 1.19 bits per heavy atom. The SMILES string of the molecule is CCNC(c1ccc(Cl)o1)c1cc(OC)c(OC)cc1C. The number of hydrogen-bond acceptors (Lipinski definition) is 4. The molecule has 0 amide bonds. The summed E-state index contributed by atoms with van der Waals surface area (Å²) in [7, 11) is 3.26. The van der Waals surface area contributed by atoms with Crippen molar-refractivity contribution in [3.05, 3.63) is 46.4 Å². The van der Waals surface area contributed by atoms with Gasteiger partial charge in [-0.15, -0.1) is 0 Å². The van der Waals surface area contributed by atoms with Crippen LogP contribution >= 0.6 is 11.6 Å². The van der Waals surface area contributed by atoms with Crippen molar-refractivity contribution in [1.29, 1.82) is 0 Å². The van der Waals surface area contributed by atoms with Crippen LogP contribution in [0.3, 0.4) is 0 Å². The summed E-state index contributed by atoms with van der Waals surface area (Å²) >= 11 is 5.90. The summed E-state index contributed by atoms with van der Waals surface area (Å²) in [5, 5.41) is 3.79. The fourth-order valence-electron chi connectivity index (χ4n) is 2.36. The van der Waals surface area contributed by atoms with Crippen LogP contribution in [0.5, 0.6) is 11.5 Å². The maximum absolute atomic E-state index is 5.90. The Balaban J connectivity index is 2.49. The number of nitrogens with one attached hydrogen (secondary N) is 1. The number of aryl methyl sites for hydroxylation is 1. The summed E-state index contributed by atoms with van der Waals surface area (Å²) in [6.07, 6.45) is 0. The minimum absolute atomic E-state index is 0.0812. The van der Waals surface area contributed by atoms with Gasteiger partial charge in [-0.25, -0.2) is 0 Å². The number of methoxy groups -OCH3 is 2. The van der Waals surface area contributed by atoms with Crippen molar-refractivity contribution >= 4 is 11.6 Å². The molecule has 1 atom stereocenters. The highest BCUT2D eigenvalue weighted by Crippen LogP contribution is 2.35. The van der Waals surface area contributed by atoms with Gasteiger partial charge < -0.3 is 19.2 Å². The monoisotopic (exact) mass is 309 g/mol. The average molecular weight is 310 g/mol. The average Bonchev–Trinajstić information content (AvgIpc) is 2.91. The number of hydrogen-bond donors (Lipinski definition) is 1. The molecule has 1 N–H and O–H groups in total. The van der Waals surface area contributed by atoms with Crippen molar-refractivity contribution in [2.75, 3.05) is 20.8 Å². The quantitative estimate of drug-likeness (QED) is 0.877. The van der Waals surface area contributed by atoms with Crippen LogP contribution in [0.25, 0.3) is 0 Å². The van der Waals surface area contributed by atoms with Gasteiger partial charge in [-0.3, -0.25) is 0 Å². The molecule has 0 radical (unpaired) electrons. The molecule has 0 aliphatic rings. The molecule has 0 fully saturated rings. The zero-order valence-corrected chi connectivity index (χ0v) is 13.5. The van der Waals surface area contributed by atoms with E-state index in [9.17, 15) is 0 Å². The van der Waals surface area contributed by atoms with Crippen molar-refractivity contribution in [2.24, 2.45) is 0 Å². The summed E-state index contributed by atoms with van der Waals surface area (Å²) in [6.45, 7) is 4.89. The third-order valence-corrected chi connectivity index (χ3v) is 3.57. The molecule has 0 bridgehead atoms. The predicted molar refractivity (Wildman–Crippen MR) is 83.5 cm³/mol. The highest BCUT2D eigenvalue weighted by Gasteiger charge is 2.21. The van der Waals surface area contributed by atoms with Gasteiger partial charge in [-0.05, 0) is 60.5 Å². The van der Waals surface area contributed by atoms with Crippen LogP contribution < -0.4 is 14.8 Å². The zero-order chi connectivity index (χ0) is 15.4. The molecule has 1 unspecified atom stereocenters. The van der Waals surface area contributed by atoms with Crippen LogP contribution in [0.15, 0.2) is 28.7 Å². The first kappa shape index (κ1) is 15.7. The van der Waals surface area contributed by atoms with E-state index in [-0.39, 0.29) is 6.04 Å². The number of benzene rings is 1. The molecule has 0 aliphatic heterocycles. The molecule has 4 nitrogen and oxygen atoms in total. The Kier molecular flexibility index (Phi) is 5.15. The second kappa shape index (κ2) is 6.87. The van der Waals surface area contributed by atoms with E-state index in [0.717, 1.165) is 23.4 Å². The van der Waals surface area contributed by atoms with E-state index in [1.54, 1.807) is 20.3 Å². The Morgan fingerprint density at radius 2 is 1.86 bits per heavy atom. The largest absolute Gasteiger partial charge is 0.493 e. The molecular weight excluding hydrogens is 290 g/mol. The van der Waals surface area contributed by atoms with Crippen LogP contribution in [0, 0.1) is 6.92 Å². The Bertz CT molecular complexity index is 610. The molecule has 114 valence electrons. The second-order valence-corrected chi connectivity index (χ2v) is 5.07. The first-order valence-corrected chi connectivity index (χ1v) is 7.19. The molecule has 2 rings (SSSR count). The molecule has 0 saturated carbocycles. The van der Waals surface area contributed by atoms with Crippen molar-refractivity contribution < 1.29 is 13.9 Å². The topological polar surface area (TPSA) is 43.6 Å². The standard InChI is InChI=1S/C16H20ClNO3/c1-5-18-16(12-6-7-15(17)21-12)11-9-14(20-4)13(19-3)8-10(11)2/h6-9,16,18H,5H2,1-4H3. The maximum atomic E-state index is 5.90. The van der Waals surface area contributed by atoms with Gasteiger partial charge in [0.15, 0.2) is 16.7 Å². The van der Waals surface area contributed by atoms with Crippen molar-refractivity contribution in [3.8, 4) is 11.5 Å². The highest BCUT2D eigenvalue weighted by molar-refractivity contribution is 6.28. The van der Waals surface area contributed by atoms with E-state index in [1.165, 1.54) is 0 Å². The Hall–Kier alpha value is -1.65. The lowest BCUT2D eigenvalue weighted by Crippen LogP contribution is -2.22. The maximum Gasteiger partial charge on any atom is 0.193 e. The summed E-state index contributed by atoms with van der Waals surface area (Å²) in [6, 6.07) is 7.48. The van der Waals surface area contributed by atoms with Gasteiger partial charge in [-0.1, -0.05) is 6.92 Å². The van der Waals surface area contributed by atoms with E-state index in [1.807, 2.05) is 32.0 Å². The zero-order valence-electron chi connectivity index (χ0n) is 12.7.